The summed E-state index contributed by atoms with van der Waals surface area (Å²) < 4.78 is 16.8. The van der Waals surface area contributed by atoms with Crippen LogP contribution in [-0.2, 0) is 20.7 Å². The van der Waals surface area contributed by atoms with Gasteiger partial charge in [-0.2, -0.15) is 0 Å². The summed E-state index contributed by atoms with van der Waals surface area (Å²) in [6, 6.07) is 10.4. The lowest BCUT2D eigenvalue weighted by Crippen LogP contribution is -2.38. The quantitative estimate of drug-likeness (QED) is 0.637. The zero-order valence-corrected chi connectivity index (χ0v) is 19.4. The topological polar surface area (TPSA) is 67.2 Å². The van der Waals surface area contributed by atoms with E-state index in [0.717, 1.165) is 73.0 Å². The van der Waals surface area contributed by atoms with Gasteiger partial charge in [0.2, 0.25) is 5.91 Å². The number of ether oxygens (including phenoxy) is 2. The Balaban J connectivity index is 1.38. The molecule has 7 heteroatoms. The van der Waals surface area contributed by atoms with E-state index in [2.05, 4.69) is 47.2 Å². The van der Waals surface area contributed by atoms with Gasteiger partial charge in [0.05, 0.1) is 50.5 Å². The molecule has 174 valence electrons. The minimum absolute atomic E-state index is 0.0513. The molecule has 2 saturated heterocycles. The van der Waals surface area contributed by atoms with Crippen LogP contribution in [0.25, 0.3) is 11.0 Å². The number of furan rings is 1. The van der Waals surface area contributed by atoms with Crippen LogP contribution in [0.1, 0.15) is 16.7 Å². The van der Waals surface area contributed by atoms with Crippen LogP contribution < -0.4 is 15.1 Å². The van der Waals surface area contributed by atoms with Crippen molar-refractivity contribution >= 4 is 33.9 Å². The Morgan fingerprint density at radius 1 is 0.909 bits per heavy atom. The van der Waals surface area contributed by atoms with Crippen LogP contribution in [0.5, 0.6) is 0 Å². The number of aryl methyl sites for hydroxylation is 2. The van der Waals surface area contributed by atoms with E-state index < -0.39 is 0 Å². The maximum absolute atomic E-state index is 13.1. The van der Waals surface area contributed by atoms with Crippen LogP contribution in [0.15, 0.2) is 41.0 Å². The Bertz CT molecular complexity index is 1140. The molecule has 1 amide bonds. The van der Waals surface area contributed by atoms with E-state index in [4.69, 9.17) is 13.9 Å². The summed E-state index contributed by atoms with van der Waals surface area (Å²) in [5.41, 5.74) is 7.14. The van der Waals surface area contributed by atoms with E-state index in [1.165, 1.54) is 11.1 Å². The molecule has 33 heavy (non-hydrogen) atoms. The number of hydrogen-bond acceptors (Lipinski definition) is 6. The smallest absolute Gasteiger partial charge is 0.228 e. The molecule has 0 atom stereocenters. The van der Waals surface area contributed by atoms with E-state index >= 15 is 0 Å². The molecule has 0 aliphatic carbocycles. The third kappa shape index (κ3) is 4.70. The van der Waals surface area contributed by atoms with Gasteiger partial charge >= 0.3 is 0 Å². The molecule has 0 unspecified atom stereocenters. The van der Waals surface area contributed by atoms with Crippen molar-refractivity contribution in [2.75, 3.05) is 67.7 Å². The van der Waals surface area contributed by atoms with Gasteiger partial charge in [0.1, 0.15) is 5.58 Å². The number of carbonyl (C=O) groups is 1. The Morgan fingerprint density at radius 2 is 1.58 bits per heavy atom. The molecule has 7 nitrogen and oxygen atoms in total. The second-order valence-electron chi connectivity index (χ2n) is 8.82. The second kappa shape index (κ2) is 9.45. The number of nitrogens with zero attached hydrogens (tertiary/aromatic N) is 2. The fourth-order valence-corrected chi connectivity index (χ4v) is 4.55. The first kappa shape index (κ1) is 21.8. The number of fused-ring (bicyclic) bond motifs is 1. The van der Waals surface area contributed by atoms with Crippen molar-refractivity contribution in [2.24, 2.45) is 0 Å². The molecule has 1 N–H and O–H groups in total. The van der Waals surface area contributed by atoms with E-state index in [1.807, 2.05) is 12.1 Å². The first-order valence-corrected chi connectivity index (χ1v) is 11.6. The van der Waals surface area contributed by atoms with Crippen molar-refractivity contribution in [3.63, 3.8) is 0 Å². The maximum Gasteiger partial charge on any atom is 0.228 e. The van der Waals surface area contributed by atoms with Gasteiger partial charge in [-0.15, -0.1) is 0 Å². The lowest BCUT2D eigenvalue weighted by molar-refractivity contribution is -0.115. The standard InChI is InChI=1S/C26H31N3O4/c1-18-13-22-20(17-33-25(22)14-19(18)2)15-26(30)27-23-4-3-21(28-5-9-31-10-6-28)16-24(23)29-7-11-32-12-8-29/h3-4,13-14,16-17H,5-12,15H2,1-2H3,(H,27,30). The lowest BCUT2D eigenvalue weighted by atomic mass is 10.0. The van der Waals surface area contributed by atoms with Gasteiger partial charge in [-0.3, -0.25) is 4.79 Å². The molecule has 3 heterocycles. The van der Waals surface area contributed by atoms with Crippen molar-refractivity contribution in [2.45, 2.75) is 20.3 Å². The molecule has 2 fully saturated rings. The Morgan fingerprint density at radius 3 is 2.30 bits per heavy atom. The minimum Gasteiger partial charge on any atom is -0.464 e. The summed E-state index contributed by atoms with van der Waals surface area (Å²) in [6.45, 7) is 10.4. The van der Waals surface area contributed by atoms with Gasteiger partial charge in [-0.25, -0.2) is 0 Å². The van der Waals surface area contributed by atoms with Gasteiger partial charge in [0, 0.05) is 42.8 Å². The summed E-state index contributed by atoms with van der Waals surface area (Å²) in [6.07, 6.45) is 1.97. The van der Waals surface area contributed by atoms with Crippen LogP contribution in [0, 0.1) is 13.8 Å². The zero-order chi connectivity index (χ0) is 22.8. The van der Waals surface area contributed by atoms with Crippen molar-refractivity contribution in [1.82, 2.24) is 0 Å². The largest absolute Gasteiger partial charge is 0.464 e. The summed E-state index contributed by atoms with van der Waals surface area (Å²) in [7, 11) is 0. The average Bonchev–Trinajstić information content (AvgIpc) is 3.21. The maximum atomic E-state index is 13.1. The fraction of sp³-hybridized carbons (Fsp3) is 0.423. The Hall–Kier alpha value is -3.03. The van der Waals surface area contributed by atoms with Crippen molar-refractivity contribution in [3.8, 4) is 0 Å². The summed E-state index contributed by atoms with van der Waals surface area (Å²) in [5, 5.41) is 4.16. The van der Waals surface area contributed by atoms with Crippen LogP contribution in [0.3, 0.4) is 0 Å². The van der Waals surface area contributed by atoms with E-state index in [9.17, 15) is 4.79 Å². The monoisotopic (exact) mass is 449 g/mol. The highest BCUT2D eigenvalue weighted by molar-refractivity contribution is 5.98. The molecule has 1 aromatic heterocycles. The highest BCUT2D eigenvalue weighted by Crippen LogP contribution is 2.33. The highest BCUT2D eigenvalue weighted by atomic mass is 16.5. The molecule has 3 aromatic rings. The number of hydrogen-bond donors (Lipinski definition) is 1. The number of nitrogens with one attached hydrogen (secondary N) is 1. The molecule has 5 rings (SSSR count). The third-order valence-electron chi connectivity index (χ3n) is 6.60. The van der Waals surface area contributed by atoms with Crippen LogP contribution in [0.2, 0.25) is 0 Å². The summed E-state index contributed by atoms with van der Waals surface area (Å²) in [4.78, 5) is 17.7. The number of amides is 1. The minimum atomic E-state index is -0.0513. The predicted octanol–water partition coefficient (Wildman–Crippen LogP) is 3.90. The van der Waals surface area contributed by atoms with Gasteiger partial charge in [-0.1, -0.05) is 0 Å². The second-order valence-corrected chi connectivity index (χ2v) is 8.82. The summed E-state index contributed by atoms with van der Waals surface area (Å²) in [5.74, 6) is -0.0513. The molecule has 0 bridgehead atoms. The van der Waals surface area contributed by atoms with Crippen molar-refractivity contribution in [3.05, 3.63) is 53.3 Å². The predicted molar refractivity (Wildman–Crippen MR) is 131 cm³/mol. The molecule has 2 aliphatic rings. The van der Waals surface area contributed by atoms with E-state index in [1.54, 1.807) is 6.26 Å². The average molecular weight is 450 g/mol. The van der Waals surface area contributed by atoms with Crippen LogP contribution in [0.4, 0.5) is 17.1 Å². The Labute approximate surface area is 194 Å². The number of morpholine rings is 2. The molecular weight excluding hydrogens is 418 g/mol. The van der Waals surface area contributed by atoms with Crippen LogP contribution >= 0.6 is 0 Å². The number of benzene rings is 2. The molecular formula is C26H31N3O4. The number of anilines is 3. The summed E-state index contributed by atoms with van der Waals surface area (Å²) >= 11 is 0. The molecule has 2 aromatic carbocycles. The first-order chi connectivity index (χ1) is 16.1. The first-order valence-electron chi connectivity index (χ1n) is 11.6. The van der Waals surface area contributed by atoms with Gasteiger partial charge in [0.25, 0.3) is 0 Å². The van der Waals surface area contributed by atoms with Gasteiger partial charge < -0.3 is 29.0 Å². The number of rotatable bonds is 5. The van der Waals surface area contributed by atoms with E-state index in [-0.39, 0.29) is 12.3 Å². The zero-order valence-electron chi connectivity index (χ0n) is 19.4. The molecule has 0 saturated carbocycles. The van der Waals surface area contributed by atoms with Gasteiger partial charge in [0.15, 0.2) is 0 Å². The molecule has 0 spiro atoms. The van der Waals surface area contributed by atoms with Gasteiger partial charge in [-0.05, 0) is 55.3 Å². The Kier molecular flexibility index (Phi) is 6.24. The van der Waals surface area contributed by atoms with Crippen molar-refractivity contribution < 1.29 is 18.7 Å². The third-order valence-corrected chi connectivity index (χ3v) is 6.60. The lowest BCUT2D eigenvalue weighted by Gasteiger charge is -2.33. The van der Waals surface area contributed by atoms with E-state index in [0.29, 0.717) is 13.2 Å². The highest BCUT2D eigenvalue weighted by Gasteiger charge is 2.20. The fourth-order valence-electron chi connectivity index (χ4n) is 4.55. The van der Waals surface area contributed by atoms with Crippen LogP contribution in [-0.4, -0.2) is 58.5 Å². The number of carbonyl (C=O) groups excluding carboxylic acids is 1. The SMILES string of the molecule is Cc1cc2occ(CC(=O)Nc3ccc(N4CCOCC4)cc3N3CCOCC3)c2cc1C. The van der Waals surface area contributed by atoms with Crippen molar-refractivity contribution in [1.29, 1.82) is 0 Å². The normalized spacial score (nSPS) is 16.9. The molecule has 2 aliphatic heterocycles. The molecule has 0 radical (unpaired) electrons.